The van der Waals surface area contributed by atoms with Crippen LogP contribution in [0.5, 0.6) is 11.5 Å². The lowest BCUT2D eigenvalue weighted by Crippen LogP contribution is -2.08. The highest BCUT2D eigenvalue weighted by atomic mass is 127. The molecular formula is C24H42I2O2S. The average molecular weight is 648 g/mol. The molecule has 1 rings (SSSR count). The Morgan fingerprint density at radius 3 is 1.34 bits per heavy atom. The second-order valence-electron chi connectivity index (χ2n) is 9.44. The second-order valence-corrected chi connectivity index (χ2v) is 14.1. The van der Waals surface area contributed by atoms with Crippen molar-refractivity contribution in [1.29, 1.82) is 0 Å². The zero-order chi connectivity index (χ0) is 21.8. The lowest BCUT2D eigenvalue weighted by molar-refractivity contribution is 0.237. The summed E-state index contributed by atoms with van der Waals surface area (Å²) in [7, 11) is 0. The molecule has 170 valence electrons. The summed E-state index contributed by atoms with van der Waals surface area (Å²) in [5.74, 6) is 5.01. The normalized spacial score (nSPS) is 13.9. The third kappa shape index (κ3) is 12.4. The summed E-state index contributed by atoms with van der Waals surface area (Å²) in [6, 6.07) is 0. The predicted molar refractivity (Wildman–Crippen MR) is 146 cm³/mol. The van der Waals surface area contributed by atoms with Crippen LogP contribution in [0.15, 0.2) is 0 Å². The Bertz CT molecular complexity index is 511. The molecule has 0 radical (unpaired) electrons. The van der Waals surface area contributed by atoms with Gasteiger partial charge >= 0.3 is 0 Å². The second kappa shape index (κ2) is 15.5. The Hall–Kier alpha value is 0.760. The fraction of sp³-hybridized carbons (Fsp3) is 0.833. The van der Waals surface area contributed by atoms with Crippen LogP contribution in [0.3, 0.4) is 0 Å². The van der Waals surface area contributed by atoms with Crippen molar-refractivity contribution < 1.29 is 9.47 Å². The van der Waals surface area contributed by atoms with E-state index in [1.807, 2.05) is 0 Å². The molecule has 0 aliphatic carbocycles. The van der Waals surface area contributed by atoms with E-state index >= 15 is 0 Å². The van der Waals surface area contributed by atoms with Gasteiger partial charge in [-0.1, -0.05) is 80.1 Å². The fourth-order valence-electron chi connectivity index (χ4n) is 3.36. The number of rotatable bonds is 16. The van der Waals surface area contributed by atoms with Gasteiger partial charge in [-0.3, -0.25) is 0 Å². The first kappa shape index (κ1) is 27.8. The third-order valence-electron chi connectivity index (χ3n) is 5.41. The van der Waals surface area contributed by atoms with Gasteiger partial charge < -0.3 is 9.47 Å². The molecule has 0 saturated carbocycles. The van der Waals surface area contributed by atoms with E-state index in [1.54, 1.807) is 11.3 Å². The van der Waals surface area contributed by atoms with Gasteiger partial charge in [0.1, 0.15) is 5.77 Å². The van der Waals surface area contributed by atoms with Crippen LogP contribution in [-0.2, 0) is 0 Å². The Labute approximate surface area is 211 Å². The van der Waals surface area contributed by atoms with Crippen LogP contribution in [0.1, 0.15) is 92.9 Å². The summed E-state index contributed by atoms with van der Waals surface area (Å²) in [6.45, 7) is 15.5. The molecule has 0 aromatic carbocycles. The summed E-state index contributed by atoms with van der Waals surface area (Å²) in [5, 5.41) is 0. The molecule has 29 heavy (non-hydrogen) atoms. The molecule has 2 nitrogen and oxygen atoms in total. The number of halogens is 2. The molecule has 0 saturated heterocycles. The Balaban J connectivity index is 2.39. The minimum atomic E-state index is 0.722. The lowest BCUT2D eigenvalue weighted by Gasteiger charge is -2.15. The monoisotopic (exact) mass is 648 g/mol. The standard InChI is InChI=1S/C24H42I2O2S/c1-17(2)9-7-11-19(5)13-15-27-21-22(24(26)29-23(21)25)28-16-14-20(6)12-8-10-18(3)4/h17-20H,7-16H2,1-6H3/t19-,20-/m0/s1. The molecule has 0 fully saturated rings. The summed E-state index contributed by atoms with van der Waals surface area (Å²) in [6.07, 6.45) is 10.2. The summed E-state index contributed by atoms with van der Waals surface area (Å²) in [4.78, 5) is 0. The quantitative estimate of drug-likeness (QED) is 0.166. The highest BCUT2D eigenvalue weighted by Gasteiger charge is 2.19. The molecule has 0 unspecified atom stereocenters. The van der Waals surface area contributed by atoms with Gasteiger partial charge in [0.15, 0.2) is 11.5 Å². The summed E-state index contributed by atoms with van der Waals surface area (Å²) < 4.78 is 14.8. The topological polar surface area (TPSA) is 18.5 Å². The lowest BCUT2D eigenvalue weighted by atomic mass is 9.98. The minimum Gasteiger partial charge on any atom is -0.488 e. The maximum atomic E-state index is 6.21. The zero-order valence-electron chi connectivity index (χ0n) is 19.4. The maximum absolute atomic E-state index is 6.21. The average Bonchev–Trinajstić information content (AvgIpc) is 2.88. The molecule has 2 atom stereocenters. The van der Waals surface area contributed by atoms with E-state index in [0.717, 1.165) is 61.2 Å². The molecule has 0 amide bonds. The van der Waals surface area contributed by atoms with Crippen LogP contribution in [0.4, 0.5) is 0 Å². The molecule has 0 aliphatic heterocycles. The van der Waals surface area contributed by atoms with Crippen LogP contribution >= 0.6 is 56.5 Å². The Morgan fingerprint density at radius 1 is 0.621 bits per heavy atom. The molecule has 1 heterocycles. The van der Waals surface area contributed by atoms with E-state index in [-0.39, 0.29) is 0 Å². The van der Waals surface area contributed by atoms with Crippen molar-refractivity contribution in [2.75, 3.05) is 13.2 Å². The first-order chi connectivity index (χ1) is 13.7. The Kier molecular flexibility index (Phi) is 14.9. The van der Waals surface area contributed by atoms with Crippen molar-refractivity contribution in [3.63, 3.8) is 0 Å². The van der Waals surface area contributed by atoms with E-state index in [4.69, 9.17) is 9.47 Å². The van der Waals surface area contributed by atoms with Gasteiger partial charge in [0.05, 0.1) is 13.2 Å². The maximum Gasteiger partial charge on any atom is 0.186 e. The van der Waals surface area contributed by atoms with Crippen molar-refractivity contribution in [3.05, 3.63) is 5.77 Å². The molecule has 0 aliphatic rings. The minimum absolute atomic E-state index is 0.722. The van der Waals surface area contributed by atoms with Gasteiger partial charge in [0.2, 0.25) is 0 Å². The van der Waals surface area contributed by atoms with Gasteiger partial charge in [0.25, 0.3) is 0 Å². The molecule has 0 bridgehead atoms. The highest BCUT2D eigenvalue weighted by molar-refractivity contribution is 14.1. The summed E-state index contributed by atoms with van der Waals surface area (Å²) >= 11 is 6.55. The van der Waals surface area contributed by atoms with Crippen molar-refractivity contribution in [2.45, 2.75) is 92.9 Å². The van der Waals surface area contributed by atoms with Gasteiger partial charge in [-0.15, -0.1) is 11.3 Å². The van der Waals surface area contributed by atoms with Gasteiger partial charge in [-0.2, -0.15) is 0 Å². The molecule has 1 aromatic heterocycles. The highest BCUT2D eigenvalue weighted by Crippen LogP contribution is 2.44. The largest absolute Gasteiger partial charge is 0.488 e. The first-order valence-electron chi connectivity index (χ1n) is 11.4. The van der Waals surface area contributed by atoms with E-state index in [2.05, 4.69) is 86.7 Å². The third-order valence-corrected chi connectivity index (χ3v) is 8.44. The van der Waals surface area contributed by atoms with E-state index in [9.17, 15) is 0 Å². The van der Waals surface area contributed by atoms with Crippen LogP contribution in [0, 0.1) is 29.4 Å². The van der Waals surface area contributed by atoms with Crippen LogP contribution in [0.2, 0.25) is 0 Å². The van der Waals surface area contributed by atoms with Crippen LogP contribution < -0.4 is 9.47 Å². The number of hydrogen-bond acceptors (Lipinski definition) is 3. The summed E-state index contributed by atoms with van der Waals surface area (Å²) in [5.41, 5.74) is 0. The number of thiophene rings is 1. The van der Waals surface area contributed by atoms with Crippen molar-refractivity contribution in [2.24, 2.45) is 23.7 Å². The predicted octanol–water partition coefficient (Wildman–Crippen LogP) is 9.42. The first-order valence-corrected chi connectivity index (χ1v) is 14.4. The van der Waals surface area contributed by atoms with Gasteiger partial charge in [-0.05, 0) is 81.7 Å². The zero-order valence-corrected chi connectivity index (χ0v) is 24.5. The molecule has 0 N–H and O–H groups in total. The van der Waals surface area contributed by atoms with E-state index < -0.39 is 0 Å². The van der Waals surface area contributed by atoms with Crippen molar-refractivity contribution in [1.82, 2.24) is 0 Å². The van der Waals surface area contributed by atoms with Crippen molar-refractivity contribution >= 4 is 56.5 Å². The van der Waals surface area contributed by atoms with E-state index in [1.165, 1.54) is 44.3 Å². The SMILES string of the molecule is CC(C)CCC[C@H](C)CCOc1c(I)sc(I)c1OCC[C@@H](C)CCCC(C)C. The Morgan fingerprint density at radius 2 is 1.00 bits per heavy atom. The van der Waals surface area contributed by atoms with E-state index in [0.29, 0.717) is 0 Å². The molecular weight excluding hydrogens is 606 g/mol. The van der Waals surface area contributed by atoms with Crippen LogP contribution in [-0.4, -0.2) is 13.2 Å². The smallest absolute Gasteiger partial charge is 0.186 e. The molecule has 0 spiro atoms. The number of hydrogen-bond donors (Lipinski definition) is 0. The van der Waals surface area contributed by atoms with Gasteiger partial charge in [0, 0.05) is 0 Å². The fourth-order valence-corrected chi connectivity index (χ4v) is 7.39. The number of ether oxygens (including phenoxy) is 2. The van der Waals surface area contributed by atoms with Gasteiger partial charge in [-0.25, -0.2) is 0 Å². The van der Waals surface area contributed by atoms with Crippen LogP contribution in [0.25, 0.3) is 0 Å². The molecule has 1 aromatic rings. The molecule has 5 heteroatoms. The van der Waals surface area contributed by atoms with Crippen molar-refractivity contribution in [3.8, 4) is 11.5 Å².